The molecule has 0 saturated carbocycles. The maximum Gasteiger partial charge on any atom is 0.370 e. The van der Waals surface area contributed by atoms with Crippen LogP contribution in [0.2, 0.25) is 0 Å². The minimum absolute atomic E-state index is 0.203. The van der Waals surface area contributed by atoms with Crippen molar-refractivity contribution in [3.8, 4) is 0 Å². The molecule has 0 aromatic heterocycles. The van der Waals surface area contributed by atoms with Gasteiger partial charge in [0.1, 0.15) is 6.04 Å². The number of ether oxygens (including phenoxy) is 2. The first-order chi connectivity index (χ1) is 10.8. The van der Waals surface area contributed by atoms with E-state index in [9.17, 15) is 19.2 Å². The van der Waals surface area contributed by atoms with Gasteiger partial charge in [-0.05, 0) is 32.5 Å². The van der Waals surface area contributed by atoms with E-state index >= 15 is 0 Å². The average molecular weight is 363 g/mol. The Bertz CT molecular complexity index is 485. The fraction of sp³-hybridized carbons (Fsp3) is 0.733. The molecule has 0 bridgehead atoms. The molecule has 0 aromatic carbocycles. The SMILES string of the molecule is CC(=O)N[C@@H](CSC(=O)O[C@H](OC(=O)C(C)(C)C)C(C)C)C(=O)O. The number of aliphatic carboxylic acids is 1. The third-order valence-electron chi connectivity index (χ3n) is 2.64. The van der Waals surface area contributed by atoms with Crippen molar-refractivity contribution >= 4 is 34.9 Å². The van der Waals surface area contributed by atoms with E-state index in [-0.39, 0.29) is 11.7 Å². The van der Waals surface area contributed by atoms with Gasteiger partial charge in [0.05, 0.1) is 5.41 Å². The van der Waals surface area contributed by atoms with Crippen LogP contribution in [0.4, 0.5) is 4.79 Å². The van der Waals surface area contributed by atoms with Gasteiger partial charge in [-0.3, -0.25) is 9.59 Å². The Hall–Kier alpha value is -1.77. The third-order valence-corrected chi connectivity index (χ3v) is 3.47. The number of nitrogens with one attached hydrogen (secondary N) is 1. The molecule has 0 saturated heterocycles. The molecule has 0 aromatic rings. The maximum atomic E-state index is 11.9. The molecule has 0 rings (SSSR count). The number of rotatable bonds is 7. The summed E-state index contributed by atoms with van der Waals surface area (Å²) in [5, 5.41) is 10.4. The van der Waals surface area contributed by atoms with Crippen molar-refractivity contribution in [3.63, 3.8) is 0 Å². The molecular weight excluding hydrogens is 338 g/mol. The van der Waals surface area contributed by atoms with Gasteiger partial charge in [-0.25, -0.2) is 9.59 Å². The van der Waals surface area contributed by atoms with E-state index in [0.717, 1.165) is 0 Å². The number of carboxylic acid groups (broad SMARTS) is 1. The van der Waals surface area contributed by atoms with Crippen LogP contribution in [0.3, 0.4) is 0 Å². The lowest BCUT2D eigenvalue weighted by Gasteiger charge is -2.25. The summed E-state index contributed by atoms with van der Waals surface area (Å²) in [6.07, 6.45) is -1.07. The fourth-order valence-corrected chi connectivity index (χ4v) is 1.97. The highest BCUT2D eigenvalue weighted by molar-refractivity contribution is 8.13. The predicted octanol–water partition coefficient (Wildman–Crippen LogP) is 2.02. The van der Waals surface area contributed by atoms with Gasteiger partial charge in [0.25, 0.3) is 6.29 Å². The van der Waals surface area contributed by atoms with Crippen molar-refractivity contribution in [3.05, 3.63) is 0 Å². The average Bonchev–Trinajstić information content (AvgIpc) is 2.40. The zero-order valence-corrected chi connectivity index (χ0v) is 15.6. The highest BCUT2D eigenvalue weighted by Gasteiger charge is 2.30. The van der Waals surface area contributed by atoms with Crippen LogP contribution in [-0.4, -0.2) is 46.3 Å². The number of esters is 1. The predicted molar refractivity (Wildman–Crippen MR) is 88.4 cm³/mol. The second kappa shape index (κ2) is 9.51. The van der Waals surface area contributed by atoms with E-state index in [4.69, 9.17) is 14.6 Å². The lowest BCUT2D eigenvalue weighted by molar-refractivity contribution is -0.182. The molecule has 24 heavy (non-hydrogen) atoms. The van der Waals surface area contributed by atoms with Crippen LogP contribution in [0, 0.1) is 11.3 Å². The molecule has 0 fully saturated rings. The summed E-state index contributed by atoms with van der Waals surface area (Å²) in [5.74, 6) is -2.76. The lowest BCUT2D eigenvalue weighted by Crippen LogP contribution is -2.41. The summed E-state index contributed by atoms with van der Waals surface area (Å²) in [7, 11) is 0. The van der Waals surface area contributed by atoms with Crippen molar-refractivity contribution in [2.24, 2.45) is 11.3 Å². The molecule has 0 spiro atoms. The van der Waals surface area contributed by atoms with Crippen LogP contribution in [0.1, 0.15) is 41.5 Å². The molecule has 0 aliphatic heterocycles. The summed E-state index contributed by atoms with van der Waals surface area (Å²) in [6.45, 7) is 9.64. The van der Waals surface area contributed by atoms with E-state index in [2.05, 4.69) is 5.32 Å². The van der Waals surface area contributed by atoms with E-state index in [1.165, 1.54) is 6.92 Å². The second-order valence-corrected chi connectivity index (χ2v) is 7.49. The molecule has 2 atom stereocenters. The first kappa shape index (κ1) is 22.2. The van der Waals surface area contributed by atoms with Crippen LogP contribution in [-0.2, 0) is 23.9 Å². The number of amides is 1. The summed E-state index contributed by atoms with van der Waals surface area (Å²) in [4.78, 5) is 45.7. The van der Waals surface area contributed by atoms with Gasteiger partial charge in [0, 0.05) is 18.6 Å². The fourth-order valence-electron chi connectivity index (χ4n) is 1.28. The maximum absolute atomic E-state index is 11.9. The molecule has 0 aliphatic rings. The molecule has 1 amide bonds. The largest absolute Gasteiger partial charge is 0.480 e. The van der Waals surface area contributed by atoms with E-state index in [1.54, 1.807) is 34.6 Å². The van der Waals surface area contributed by atoms with Crippen molar-refractivity contribution in [2.75, 3.05) is 5.75 Å². The zero-order valence-electron chi connectivity index (χ0n) is 14.7. The summed E-state index contributed by atoms with van der Waals surface area (Å²) in [6, 6.07) is -1.21. The number of carbonyl (C=O) groups is 4. The Morgan fingerprint density at radius 2 is 1.67 bits per heavy atom. The van der Waals surface area contributed by atoms with Gasteiger partial charge in [-0.1, -0.05) is 13.8 Å². The standard InChI is InChI=1S/C15H25NO7S/c1-8(2)12(22-13(20)15(4,5)6)23-14(21)24-7-10(11(18)19)16-9(3)17/h8,10,12H,7H2,1-6H3,(H,16,17)(H,18,19)/t10-,12-/m0/s1. The number of hydrogen-bond donors (Lipinski definition) is 2. The summed E-state index contributed by atoms with van der Waals surface area (Å²) < 4.78 is 10.3. The molecule has 0 unspecified atom stereocenters. The number of thioether (sulfide) groups is 1. The third kappa shape index (κ3) is 8.76. The minimum Gasteiger partial charge on any atom is -0.480 e. The van der Waals surface area contributed by atoms with E-state index in [0.29, 0.717) is 11.8 Å². The Balaban J connectivity index is 4.65. The first-order valence-corrected chi connectivity index (χ1v) is 8.37. The monoisotopic (exact) mass is 363 g/mol. The van der Waals surface area contributed by atoms with Crippen molar-refractivity contribution in [1.29, 1.82) is 0 Å². The van der Waals surface area contributed by atoms with Gasteiger partial charge < -0.3 is 19.9 Å². The normalized spacial score (nSPS) is 13.8. The quantitative estimate of drug-likeness (QED) is 0.521. The van der Waals surface area contributed by atoms with Crippen LogP contribution in [0.5, 0.6) is 0 Å². The number of carboxylic acids is 1. The highest BCUT2D eigenvalue weighted by atomic mass is 32.2. The Kier molecular flexibility index (Phi) is 8.81. The minimum atomic E-state index is -1.26. The molecule has 0 radical (unpaired) electrons. The van der Waals surface area contributed by atoms with Crippen molar-refractivity contribution in [1.82, 2.24) is 5.32 Å². The van der Waals surface area contributed by atoms with Gasteiger partial charge in [0.2, 0.25) is 5.91 Å². The Morgan fingerprint density at radius 1 is 1.12 bits per heavy atom. The Morgan fingerprint density at radius 3 is 2.04 bits per heavy atom. The molecular formula is C15H25NO7S. The smallest absolute Gasteiger partial charge is 0.370 e. The summed E-state index contributed by atoms with van der Waals surface area (Å²) >= 11 is 0.587. The lowest BCUT2D eigenvalue weighted by atomic mass is 9.97. The highest BCUT2D eigenvalue weighted by Crippen LogP contribution is 2.21. The second-order valence-electron chi connectivity index (χ2n) is 6.54. The summed E-state index contributed by atoms with van der Waals surface area (Å²) in [5.41, 5.74) is -0.744. The topological polar surface area (TPSA) is 119 Å². The van der Waals surface area contributed by atoms with Crippen LogP contribution in [0.25, 0.3) is 0 Å². The van der Waals surface area contributed by atoms with Crippen LogP contribution in [0.15, 0.2) is 0 Å². The van der Waals surface area contributed by atoms with E-state index in [1.807, 2.05) is 0 Å². The van der Waals surface area contributed by atoms with Gasteiger partial charge >= 0.3 is 17.2 Å². The Labute approximate surface area is 145 Å². The molecule has 0 aliphatic carbocycles. The molecule has 9 heteroatoms. The number of hydrogen-bond acceptors (Lipinski definition) is 7. The van der Waals surface area contributed by atoms with Gasteiger partial charge in [-0.2, -0.15) is 0 Å². The molecule has 8 nitrogen and oxygen atoms in total. The zero-order chi connectivity index (χ0) is 19.1. The van der Waals surface area contributed by atoms with Gasteiger partial charge in [0.15, 0.2) is 0 Å². The van der Waals surface area contributed by atoms with E-state index < -0.39 is 40.9 Å². The first-order valence-electron chi connectivity index (χ1n) is 7.39. The molecule has 138 valence electrons. The molecule has 2 N–H and O–H groups in total. The van der Waals surface area contributed by atoms with Gasteiger partial charge in [-0.15, -0.1) is 0 Å². The number of carbonyl (C=O) groups excluding carboxylic acids is 3. The molecule has 0 heterocycles. The van der Waals surface area contributed by atoms with Crippen molar-refractivity contribution < 1.29 is 33.8 Å². The van der Waals surface area contributed by atoms with Crippen LogP contribution < -0.4 is 5.32 Å². The van der Waals surface area contributed by atoms with Crippen molar-refractivity contribution in [2.45, 2.75) is 53.9 Å². The van der Waals surface area contributed by atoms with Crippen LogP contribution >= 0.6 is 11.8 Å².